The average Bonchev–Trinajstić information content (AvgIpc) is 2.10. The van der Waals surface area contributed by atoms with Crippen LogP contribution in [0.2, 0.25) is 0 Å². The topological polar surface area (TPSA) is 16.6 Å². The molecule has 0 rings (SSSR count). The van der Waals surface area contributed by atoms with E-state index in [-0.39, 0.29) is 0 Å². The molecule has 0 aromatic heterocycles. The molecule has 0 bridgehead atoms. The van der Waals surface area contributed by atoms with Gasteiger partial charge < -0.3 is 5.32 Å². The summed E-state index contributed by atoms with van der Waals surface area (Å²) in [5.74, 6) is 0. The lowest BCUT2D eigenvalue weighted by Gasteiger charge is -2.00. The van der Waals surface area contributed by atoms with E-state index in [1.54, 1.807) is 6.08 Å². The smallest absolute Gasteiger partial charge is 0.128 e. The maximum atomic E-state index is 3.65. The monoisotopic (exact) mass is 178 g/mol. The van der Waals surface area contributed by atoms with Crippen LogP contribution in [0.15, 0.2) is 48.2 Å². The van der Waals surface area contributed by atoms with E-state index >= 15 is 0 Å². The van der Waals surface area contributed by atoms with Crippen molar-refractivity contribution in [2.24, 2.45) is 0 Å². The molecule has 0 aliphatic heterocycles. The number of rotatable bonds is 5. The SMILES string of the molecule is C=C/C=C\C([NH2+]C/C=C/C)=C(C)C. The summed E-state index contributed by atoms with van der Waals surface area (Å²) in [5, 5.41) is 2.22. The van der Waals surface area contributed by atoms with Crippen LogP contribution in [0.3, 0.4) is 0 Å². The molecule has 72 valence electrons. The molecule has 0 amide bonds. The van der Waals surface area contributed by atoms with Crippen LogP contribution >= 0.6 is 0 Å². The minimum Gasteiger partial charge on any atom is -0.311 e. The molecule has 0 spiro atoms. The summed E-state index contributed by atoms with van der Waals surface area (Å²) in [6.45, 7) is 10.9. The molecule has 0 saturated carbocycles. The molecule has 1 nitrogen and oxygen atoms in total. The zero-order valence-electron chi connectivity index (χ0n) is 8.88. The van der Waals surface area contributed by atoms with Crippen LogP contribution in [0.4, 0.5) is 0 Å². The second-order valence-electron chi connectivity index (χ2n) is 3.06. The molecule has 13 heavy (non-hydrogen) atoms. The van der Waals surface area contributed by atoms with E-state index in [0.29, 0.717) is 0 Å². The Morgan fingerprint density at radius 2 is 2.08 bits per heavy atom. The van der Waals surface area contributed by atoms with Crippen molar-refractivity contribution in [2.45, 2.75) is 20.8 Å². The Bertz CT molecular complexity index is 228. The predicted molar refractivity (Wildman–Crippen MR) is 59.3 cm³/mol. The van der Waals surface area contributed by atoms with Crippen molar-refractivity contribution in [2.75, 3.05) is 6.54 Å². The third kappa shape index (κ3) is 6.12. The van der Waals surface area contributed by atoms with Gasteiger partial charge in [-0.3, -0.25) is 0 Å². The van der Waals surface area contributed by atoms with Crippen LogP contribution in [-0.2, 0) is 0 Å². The van der Waals surface area contributed by atoms with Gasteiger partial charge in [-0.1, -0.05) is 24.8 Å². The lowest BCUT2D eigenvalue weighted by molar-refractivity contribution is -0.592. The fourth-order valence-electron chi connectivity index (χ4n) is 0.942. The van der Waals surface area contributed by atoms with Gasteiger partial charge in [-0.05, 0) is 38.5 Å². The van der Waals surface area contributed by atoms with Gasteiger partial charge in [-0.15, -0.1) is 0 Å². The van der Waals surface area contributed by atoms with Gasteiger partial charge in [0.2, 0.25) is 0 Å². The zero-order valence-corrected chi connectivity index (χ0v) is 8.88. The highest BCUT2D eigenvalue weighted by atomic mass is 14.9. The molecule has 0 radical (unpaired) electrons. The van der Waals surface area contributed by atoms with Crippen molar-refractivity contribution in [1.29, 1.82) is 0 Å². The molecule has 0 heterocycles. The number of quaternary nitrogens is 1. The quantitative estimate of drug-likeness (QED) is 0.491. The molecule has 0 fully saturated rings. The Hall–Kier alpha value is -1.08. The van der Waals surface area contributed by atoms with Crippen LogP contribution in [-0.4, -0.2) is 6.54 Å². The van der Waals surface area contributed by atoms with Crippen molar-refractivity contribution >= 4 is 0 Å². The van der Waals surface area contributed by atoms with Gasteiger partial charge in [-0.2, -0.15) is 0 Å². The summed E-state index contributed by atoms with van der Waals surface area (Å²) in [7, 11) is 0. The minimum atomic E-state index is 0.999. The Labute approximate surface area is 81.5 Å². The van der Waals surface area contributed by atoms with Crippen molar-refractivity contribution in [1.82, 2.24) is 0 Å². The highest BCUT2D eigenvalue weighted by Gasteiger charge is 1.96. The van der Waals surface area contributed by atoms with Crippen LogP contribution < -0.4 is 5.32 Å². The van der Waals surface area contributed by atoms with Crippen LogP contribution in [0, 0.1) is 0 Å². The standard InChI is InChI=1S/C12H19N/c1-5-7-9-12(11(3)4)13-10-8-6-2/h5-9,13H,1,10H2,2-4H3/p+1/b8-6+,9-7-. The molecular weight excluding hydrogens is 158 g/mol. The summed E-state index contributed by atoms with van der Waals surface area (Å²) < 4.78 is 0. The predicted octanol–water partition coefficient (Wildman–Crippen LogP) is 2.16. The molecule has 0 aliphatic carbocycles. The van der Waals surface area contributed by atoms with Gasteiger partial charge >= 0.3 is 0 Å². The highest BCUT2D eigenvalue weighted by Crippen LogP contribution is 1.95. The van der Waals surface area contributed by atoms with Crippen LogP contribution in [0.1, 0.15) is 20.8 Å². The number of nitrogens with two attached hydrogens (primary N) is 1. The van der Waals surface area contributed by atoms with Gasteiger partial charge in [0.25, 0.3) is 0 Å². The maximum Gasteiger partial charge on any atom is 0.128 e. The van der Waals surface area contributed by atoms with Crippen molar-refractivity contribution < 1.29 is 5.32 Å². The van der Waals surface area contributed by atoms with Gasteiger partial charge in [0.15, 0.2) is 0 Å². The summed E-state index contributed by atoms with van der Waals surface area (Å²) in [6, 6.07) is 0. The Balaban J connectivity index is 4.20. The molecule has 0 unspecified atom stereocenters. The van der Waals surface area contributed by atoms with Gasteiger partial charge in [0.05, 0.1) is 6.54 Å². The van der Waals surface area contributed by atoms with E-state index < -0.39 is 0 Å². The molecule has 1 heteroatoms. The van der Waals surface area contributed by atoms with E-state index in [4.69, 9.17) is 0 Å². The van der Waals surface area contributed by atoms with Crippen molar-refractivity contribution in [3.63, 3.8) is 0 Å². The third-order valence-electron chi connectivity index (χ3n) is 1.70. The van der Waals surface area contributed by atoms with E-state index in [1.165, 1.54) is 11.3 Å². The Kier molecular flexibility index (Phi) is 6.93. The zero-order chi connectivity index (χ0) is 10.1. The summed E-state index contributed by atoms with van der Waals surface area (Å²) in [5.41, 5.74) is 2.63. The van der Waals surface area contributed by atoms with Crippen molar-refractivity contribution in [3.8, 4) is 0 Å². The first kappa shape index (κ1) is 11.9. The third-order valence-corrected chi connectivity index (χ3v) is 1.70. The van der Waals surface area contributed by atoms with Crippen LogP contribution in [0.25, 0.3) is 0 Å². The number of allylic oxidation sites excluding steroid dienone is 5. The fourth-order valence-corrected chi connectivity index (χ4v) is 0.942. The number of hydrogen-bond donors (Lipinski definition) is 1. The molecule has 0 atom stereocenters. The first-order valence-corrected chi connectivity index (χ1v) is 4.63. The van der Waals surface area contributed by atoms with E-state index in [2.05, 4.69) is 44.0 Å². The maximum absolute atomic E-state index is 3.65. The molecule has 0 aromatic carbocycles. The summed E-state index contributed by atoms with van der Waals surface area (Å²) in [4.78, 5) is 0. The normalized spacial score (nSPS) is 11.0. The molecule has 2 N–H and O–H groups in total. The highest BCUT2D eigenvalue weighted by molar-refractivity contribution is 5.18. The first-order valence-electron chi connectivity index (χ1n) is 4.63. The van der Waals surface area contributed by atoms with Gasteiger partial charge in [0, 0.05) is 0 Å². The second-order valence-corrected chi connectivity index (χ2v) is 3.06. The minimum absolute atomic E-state index is 0.999. The summed E-state index contributed by atoms with van der Waals surface area (Å²) >= 11 is 0. The van der Waals surface area contributed by atoms with Gasteiger partial charge in [-0.25, -0.2) is 0 Å². The lowest BCUT2D eigenvalue weighted by Crippen LogP contribution is -2.81. The van der Waals surface area contributed by atoms with E-state index in [0.717, 1.165) is 6.54 Å². The first-order chi connectivity index (χ1) is 6.22. The molecule has 0 aromatic rings. The lowest BCUT2D eigenvalue weighted by atomic mass is 10.2. The van der Waals surface area contributed by atoms with Crippen LogP contribution in [0.5, 0.6) is 0 Å². The Morgan fingerprint density at radius 1 is 1.38 bits per heavy atom. The van der Waals surface area contributed by atoms with Gasteiger partial charge in [0.1, 0.15) is 5.70 Å². The molecule has 0 saturated heterocycles. The van der Waals surface area contributed by atoms with E-state index in [1.807, 2.05) is 13.0 Å². The average molecular weight is 178 g/mol. The van der Waals surface area contributed by atoms with Crippen molar-refractivity contribution in [3.05, 3.63) is 48.2 Å². The molecule has 0 aliphatic rings. The van der Waals surface area contributed by atoms with E-state index in [9.17, 15) is 0 Å². The second kappa shape index (κ2) is 7.56. The fraction of sp³-hybridized carbons (Fsp3) is 0.333. The molecular formula is C12H20N+. The number of hydrogen-bond acceptors (Lipinski definition) is 0. The summed E-state index contributed by atoms with van der Waals surface area (Å²) in [6.07, 6.45) is 10.1. The largest absolute Gasteiger partial charge is 0.311 e. The Morgan fingerprint density at radius 3 is 2.54 bits per heavy atom.